The van der Waals surface area contributed by atoms with E-state index < -0.39 is 40.5 Å². The number of carbonyl (C=O) groups excluding carboxylic acids is 2. The van der Waals surface area contributed by atoms with E-state index in [1.165, 1.54) is 29.2 Å². The van der Waals surface area contributed by atoms with Crippen molar-refractivity contribution in [1.82, 2.24) is 5.32 Å². The number of fused-ring (bicyclic) bond motifs is 2. The largest absolute Gasteiger partial charge is 0.480 e. The molecule has 1 fully saturated rings. The highest BCUT2D eigenvalue weighted by molar-refractivity contribution is 6.34. The summed E-state index contributed by atoms with van der Waals surface area (Å²) >= 11 is 11.9. The monoisotopic (exact) mass is 530 g/mol. The van der Waals surface area contributed by atoms with Crippen LogP contribution in [0.15, 0.2) is 54.6 Å². The Morgan fingerprint density at radius 3 is 2.33 bits per heavy atom. The summed E-state index contributed by atoms with van der Waals surface area (Å²) in [6, 6.07) is 11.7. The number of hydrogen-bond acceptors (Lipinski definition) is 3. The second kappa shape index (κ2) is 8.87. The minimum absolute atomic E-state index is 0.0872. The normalized spacial score (nSPS) is 16.1. The summed E-state index contributed by atoms with van der Waals surface area (Å²) in [5.74, 6) is -3.86. The van der Waals surface area contributed by atoms with Crippen LogP contribution in [0.5, 0.6) is 0 Å². The zero-order valence-electron chi connectivity index (χ0n) is 18.5. The first-order valence-electron chi connectivity index (χ1n) is 11.0. The second-order valence-electron chi connectivity index (χ2n) is 8.84. The predicted molar refractivity (Wildman–Crippen MR) is 130 cm³/mol. The van der Waals surface area contributed by atoms with Gasteiger partial charge in [-0.15, -0.1) is 0 Å². The van der Waals surface area contributed by atoms with Gasteiger partial charge < -0.3 is 10.4 Å². The first-order valence-corrected chi connectivity index (χ1v) is 11.8. The van der Waals surface area contributed by atoms with Gasteiger partial charge in [-0.25, -0.2) is 13.6 Å². The highest BCUT2D eigenvalue weighted by atomic mass is 35.5. The number of halogens is 4. The maximum atomic E-state index is 14.1. The van der Waals surface area contributed by atoms with Crippen LogP contribution in [0.1, 0.15) is 34.3 Å². The molecule has 6 nitrogen and oxygen atoms in total. The fourth-order valence-electron chi connectivity index (χ4n) is 4.57. The van der Waals surface area contributed by atoms with Gasteiger partial charge >= 0.3 is 5.97 Å². The molecular formula is C26H18Cl2F2N2O4. The smallest absolute Gasteiger partial charge is 0.326 e. The van der Waals surface area contributed by atoms with Crippen LogP contribution in [-0.2, 0) is 21.4 Å². The second-order valence-corrected chi connectivity index (χ2v) is 9.65. The van der Waals surface area contributed by atoms with Crippen molar-refractivity contribution in [3.8, 4) is 0 Å². The number of amides is 2. The molecule has 0 unspecified atom stereocenters. The van der Waals surface area contributed by atoms with Crippen LogP contribution in [0.3, 0.4) is 0 Å². The van der Waals surface area contributed by atoms with Gasteiger partial charge in [-0.05, 0) is 60.4 Å². The molecule has 10 heteroatoms. The summed E-state index contributed by atoms with van der Waals surface area (Å²) in [7, 11) is 0. The van der Waals surface area contributed by atoms with Crippen LogP contribution in [0, 0.1) is 11.6 Å². The fraction of sp³-hybridized carbons (Fsp3) is 0.192. The van der Waals surface area contributed by atoms with Gasteiger partial charge in [0.15, 0.2) is 0 Å². The van der Waals surface area contributed by atoms with E-state index in [1.807, 2.05) is 0 Å². The van der Waals surface area contributed by atoms with Crippen molar-refractivity contribution in [2.24, 2.45) is 0 Å². The molecule has 1 spiro atoms. The zero-order valence-corrected chi connectivity index (χ0v) is 20.0. The van der Waals surface area contributed by atoms with Gasteiger partial charge in [0.25, 0.3) is 5.91 Å². The van der Waals surface area contributed by atoms with Crippen LogP contribution in [0.2, 0.25) is 10.0 Å². The summed E-state index contributed by atoms with van der Waals surface area (Å²) < 4.78 is 28.2. The number of hydrogen-bond donors (Lipinski definition) is 2. The third-order valence-electron chi connectivity index (χ3n) is 6.59. The van der Waals surface area contributed by atoms with Gasteiger partial charge in [0, 0.05) is 12.1 Å². The van der Waals surface area contributed by atoms with Crippen LogP contribution >= 0.6 is 23.2 Å². The molecule has 0 saturated heterocycles. The molecule has 1 aliphatic carbocycles. The Balaban J connectivity index is 1.37. The standard InChI is InChI=1S/C26H18Cl2F2N2O4/c27-16-2-1-3-18(29)22(16)23(33)31-20(24(34)35)10-13-4-6-14(7-5-13)32-21-12-17(28)19(30)11-15(21)26(8-9-26)25(32)36/h1-7,11-12,20H,8-10H2,(H,31,33)(H,34,35)/t20-/m0/s1. The van der Waals surface area contributed by atoms with Crippen molar-refractivity contribution in [2.75, 3.05) is 4.90 Å². The summed E-state index contributed by atoms with van der Waals surface area (Å²) in [5.41, 5.74) is 1.04. The molecule has 2 aliphatic rings. The number of nitrogens with one attached hydrogen (secondary N) is 1. The molecule has 36 heavy (non-hydrogen) atoms. The molecular weight excluding hydrogens is 513 g/mol. The van der Waals surface area contributed by atoms with Crippen molar-refractivity contribution < 1.29 is 28.3 Å². The van der Waals surface area contributed by atoms with E-state index in [0.29, 0.717) is 35.3 Å². The summed E-state index contributed by atoms with van der Waals surface area (Å²) in [4.78, 5) is 39.0. The lowest BCUT2D eigenvalue weighted by Gasteiger charge is -2.20. The number of rotatable bonds is 6. The van der Waals surface area contributed by atoms with Gasteiger partial charge in [0.1, 0.15) is 17.7 Å². The number of benzene rings is 3. The number of carboxylic acid groups (broad SMARTS) is 1. The molecule has 1 saturated carbocycles. The molecule has 1 atom stereocenters. The van der Waals surface area contributed by atoms with E-state index in [1.54, 1.807) is 24.3 Å². The van der Waals surface area contributed by atoms with Gasteiger partial charge in [-0.3, -0.25) is 14.5 Å². The van der Waals surface area contributed by atoms with Crippen molar-refractivity contribution in [3.63, 3.8) is 0 Å². The molecule has 3 aromatic rings. The average molecular weight is 531 g/mol. The van der Waals surface area contributed by atoms with Crippen molar-refractivity contribution in [2.45, 2.75) is 30.7 Å². The lowest BCUT2D eigenvalue weighted by atomic mass is 9.98. The maximum absolute atomic E-state index is 14.1. The number of anilines is 2. The van der Waals surface area contributed by atoms with E-state index in [2.05, 4.69) is 5.32 Å². The molecule has 1 heterocycles. The zero-order chi connectivity index (χ0) is 25.8. The molecule has 0 bridgehead atoms. The van der Waals surface area contributed by atoms with Crippen LogP contribution in [0.25, 0.3) is 0 Å². The summed E-state index contributed by atoms with van der Waals surface area (Å²) in [6.07, 6.45) is 1.15. The molecule has 2 N–H and O–H groups in total. The fourth-order valence-corrected chi connectivity index (χ4v) is 4.98. The summed E-state index contributed by atoms with van der Waals surface area (Å²) in [5, 5.41) is 11.7. The molecule has 1 aliphatic heterocycles. The van der Waals surface area contributed by atoms with E-state index in [9.17, 15) is 28.3 Å². The quantitative estimate of drug-likeness (QED) is 0.446. The first-order chi connectivity index (χ1) is 17.1. The van der Waals surface area contributed by atoms with E-state index in [0.717, 1.165) is 6.07 Å². The third kappa shape index (κ3) is 4.00. The Morgan fingerprint density at radius 1 is 1.03 bits per heavy atom. The first kappa shape index (κ1) is 24.2. The van der Waals surface area contributed by atoms with Crippen molar-refractivity contribution in [3.05, 3.63) is 93.0 Å². The minimum Gasteiger partial charge on any atom is -0.480 e. The predicted octanol–water partition coefficient (Wildman–Crippen LogP) is 5.41. The maximum Gasteiger partial charge on any atom is 0.326 e. The van der Waals surface area contributed by atoms with Gasteiger partial charge in [-0.1, -0.05) is 41.4 Å². The van der Waals surface area contributed by atoms with E-state index in [4.69, 9.17) is 23.2 Å². The number of aliphatic carboxylic acids is 1. The highest BCUT2D eigenvalue weighted by Crippen LogP contribution is 2.59. The van der Waals surface area contributed by atoms with E-state index >= 15 is 0 Å². The Kier molecular flexibility index (Phi) is 5.97. The van der Waals surface area contributed by atoms with Gasteiger partial charge in [0.2, 0.25) is 5.91 Å². The van der Waals surface area contributed by atoms with Crippen molar-refractivity contribution >= 4 is 52.4 Å². The average Bonchev–Trinajstić information content (AvgIpc) is 3.60. The van der Waals surface area contributed by atoms with Gasteiger partial charge in [-0.2, -0.15) is 0 Å². The van der Waals surface area contributed by atoms with Crippen LogP contribution in [0.4, 0.5) is 20.2 Å². The number of carbonyl (C=O) groups is 3. The Morgan fingerprint density at radius 2 is 1.72 bits per heavy atom. The lowest BCUT2D eigenvalue weighted by molar-refractivity contribution is -0.139. The summed E-state index contributed by atoms with van der Waals surface area (Å²) in [6.45, 7) is 0. The topological polar surface area (TPSA) is 86.7 Å². The van der Waals surface area contributed by atoms with Crippen LogP contribution < -0.4 is 10.2 Å². The molecule has 2 amide bonds. The van der Waals surface area contributed by atoms with Crippen molar-refractivity contribution in [1.29, 1.82) is 0 Å². The Bertz CT molecular complexity index is 1400. The number of nitrogens with zero attached hydrogens (tertiary/aromatic N) is 1. The number of carboxylic acids is 1. The Labute approximate surface area is 214 Å². The minimum atomic E-state index is -1.36. The third-order valence-corrected chi connectivity index (χ3v) is 7.19. The molecule has 0 aromatic heterocycles. The van der Waals surface area contributed by atoms with E-state index in [-0.39, 0.29) is 22.4 Å². The highest BCUT2D eigenvalue weighted by Gasteiger charge is 2.59. The van der Waals surface area contributed by atoms with Crippen LogP contribution in [-0.4, -0.2) is 28.9 Å². The lowest BCUT2D eigenvalue weighted by Crippen LogP contribution is -2.42. The SMILES string of the molecule is O=C(N[C@@H](Cc1ccc(N2C(=O)C3(CC3)c3cc(F)c(Cl)cc32)cc1)C(=O)O)c1c(F)cccc1Cl. The Hall–Kier alpha value is -3.49. The molecule has 184 valence electrons. The van der Waals surface area contributed by atoms with Gasteiger partial charge in [0.05, 0.1) is 26.7 Å². The molecule has 5 rings (SSSR count). The molecule has 0 radical (unpaired) electrons. The molecule has 3 aromatic carbocycles.